The quantitative estimate of drug-likeness (QED) is 0.572. The zero-order valence-electron chi connectivity index (χ0n) is 16.2. The summed E-state index contributed by atoms with van der Waals surface area (Å²) >= 11 is 2.98. The van der Waals surface area contributed by atoms with E-state index in [-0.39, 0.29) is 16.7 Å². The van der Waals surface area contributed by atoms with Gasteiger partial charge in [0.15, 0.2) is 5.16 Å². The number of thioether (sulfide) groups is 1. The highest BCUT2D eigenvalue weighted by atomic mass is 32.2. The van der Waals surface area contributed by atoms with Gasteiger partial charge in [0, 0.05) is 24.5 Å². The number of nitrogens with zero attached hydrogens (tertiary/aromatic N) is 3. The van der Waals surface area contributed by atoms with Crippen LogP contribution in [-0.4, -0.2) is 38.7 Å². The Morgan fingerprint density at radius 2 is 1.88 bits per heavy atom. The molecule has 2 aromatic rings. The molecular formula is C19H27N3O2S2. The first kappa shape index (κ1) is 19.4. The number of carbonyl (C=O) groups is 1. The van der Waals surface area contributed by atoms with Crippen LogP contribution in [0.1, 0.15) is 44.1 Å². The normalized spacial score (nSPS) is 16.0. The van der Waals surface area contributed by atoms with Gasteiger partial charge in [-0.15, -0.1) is 11.3 Å². The van der Waals surface area contributed by atoms with Crippen molar-refractivity contribution in [3.8, 4) is 0 Å². The van der Waals surface area contributed by atoms with Gasteiger partial charge in [-0.05, 0) is 45.1 Å². The summed E-state index contributed by atoms with van der Waals surface area (Å²) in [5.74, 6) is 0.479. The minimum absolute atomic E-state index is 0.0221. The predicted octanol–water partition coefficient (Wildman–Crippen LogP) is 3.83. The number of fused-ring (bicyclic) bond motifs is 1. The Balaban J connectivity index is 2.00. The molecule has 1 fully saturated rings. The van der Waals surface area contributed by atoms with Crippen LogP contribution in [0.2, 0.25) is 0 Å². The summed E-state index contributed by atoms with van der Waals surface area (Å²) in [7, 11) is 0. The molecule has 1 aliphatic heterocycles. The second kappa shape index (κ2) is 7.72. The van der Waals surface area contributed by atoms with Crippen molar-refractivity contribution < 1.29 is 4.79 Å². The van der Waals surface area contributed by atoms with Crippen LogP contribution in [0.3, 0.4) is 0 Å². The zero-order chi connectivity index (χ0) is 19.0. The molecule has 3 heterocycles. The molecule has 1 amide bonds. The number of thiophene rings is 1. The molecule has 2 aromatic heterocycles. The van der Waals surface area contributed by atoms with Crippen LogP contribution < -0.4 is 5.56 Å². The minimum Gasteiger partial charge on any atom is -0.342 e. The lowest BCUT2D eigenvalue weighted by atomic mass is 10.2. The lowest BCUT2D eigenvalue weighted by Crippen LogP contribution is -2.35. The van der Waals surface area contributed by atoms with E-state index in [2.05, 4.69) is 13.8 Å². The molecule has 1 aliphatic rings. The van der Waals surface area contributed by atoms with Gasteiger partial charge >= 0.3 is 0 Å². The van der Waals surface area contributed by atoms with Crippen molar-refractivity contribution >= 4 is 39.2 Å². The van der Waals surface area contributed by atoms with Crippen molar-refractivity contribution in [1.29, 1.82) is 0 Å². The number of aromatic nitrogens is 2. The third kappa shape index (κ3) is 3.69. The SMILES string of the molecule is Cc1sc2nc(S[C@@H](C)C(=O)N3CCCC3)n(CC(C)C)c(=O)c2c1C. The third-order valence-electron chi connectivity index (χ3n) is 4.85. The van der Waals surface area contributed by atoms with Crippen LogP contribution in [0, 0.1) is 19.8 Å². The number of likely N-dealkylation sites (tertiary alicyclic amines) is 1. The fourth-order valence-corrected chi connectivity index (χ4v) is 5.40. The molecule has 0 aliphatic carbocycles. The molecule has 0 aromatic carbocycles. The molecule has 0 bridgehead atoms. The zero-order valence-corrected chi connectivity index (χ0v) is 17.8. The average molecular weight is 394 g/mol. The van der Waals surface area contributed by atoms with E-state index < -0.39 is 0 Å². The molecule has 0 unspecified atom stereocenters. The standard InChI is InChI=1S/C19H27N3O2S2/c1-11(2)10-22-18(24)15-12(3)13(4)25-16(15)20-19(22)26-14(5)17(23)21-8-6-7-9-21/h11,14H,6-10H2,1-5H3/t14-/m0/s1. The van der Waals surface area contributed by atoms with E-state index in [4.69, 9.17) is 4.98 Å². The van der Waals surface area contributed by atoms with Crippen molar-refractivity contribution in [2.75, 3.05) is 13.1 Å². The highest BCUT2D eigenvalue weighted by Crippen LogP contribution is 2.30. The molecule has 0 saturated carbocycles. The van der Waals surface area contributed by atoms with E-state index in [9.17, 15) is 9.59 Å². The summed E-state index contributed by atoms with van der Waals surface area (Å²) in [4.78, 5) is 34.5. The number of carbonyl (C=O) groups excluding carboxylic acids is 1. The fraction of sp³-hybridized carbons (Fsp3) is 0.632. The molecule has 26 heavy (non-hydrogen) atoms. The number of hydrogen-bond donors (Lipinski definition) is 0. The molecule has 0 radical (unpaired) electrons. The van der Waals surface area contributed by atoms with Crippen LogP contribution in [0.15, 0.2) is 9.95 Å². The first-order valence-corrected chi connectivity index (χ1v) is 10.9. The lowest BCUT2D eigenvalue weighted by Gasteiger charge is -2.21. The van der Waals surface area contributed by atoms with Gasteiger partial charge in [0.05, 0.1) is 10.6 Å². The largest absolute Gasteiger partial charge is 0.342 e. The molecule has 7 heteroatoms. The van der Waals surface area contributed by atoms with Gasteiger partial charge < -0.3 is 4.90 Å². The predicted molar refractivity (Wildman–Crippen MR) is 109 cm³/mol. The van der Waals surface area contributed by atoms with E-state index in [1.54, 1.807) is 15.9 Å². The number of amides is 1. The van der Waals surface area contributed by atoms with Crippen LogP contribution in [0.4, 0.5) is 0 Å². The summed E-state index contributed by atoms with van der Waals surface area (Å²) in [6.07, 6.45) is 2.16. The molecule has 0 N–H and O–H groups in total. The molecule has 142 valence electrons. The Morgan fingerprint density at radius 3 is 2.50 bits per heavy atom. The summed E-state index contributed by atoms with van der Waals surface area (Å²) in [6, 6.07) is 0. The van der Waals surface area contributed by atoms with Crippen LogP contribution in [0.25, 0.3) is 10.2 Å². The number of aryl methyl sites for hydroxylation is 2. The van der Waals surface area contributed by atoms with Crippen molar-refractivity contribution in [3.63, 3.8) is 0 Å². The minimum atomic E-state index is -0.238. The van der Waals surface area contributed by atoms with Gasteiger partial charge in [-0.3, -0.25) is 14.2 Å². The Kier molecular flexibility index (Phi) is 5.77. The molecule has 0 spiro atoms. The second-order valence-corrected chi connectivity index (χ2v) is 9.97. The van der Waals surface area contributed by atoms with Gasteiger partial charge in [-0.1, -0.05) is 25.6 Å². The highest BCUT2D eigenvalue weighted by Gasteiger charge is 2.26. The third-order valence-corrected chi connectivity index (χ3v) is 7.03. The first-order chi connectivity index (χ1) is 12.3. The van der Waals surface area contributed by atoms with E-state index in [0.717, 1.165) is 46.6 Å². The van der Waals surface area contributed by atoms with E-state index in [1.807, 2.05) is 25.7 Å². The van der Waals surface area contributed by atoms with E-state index in [0.29, 0.717) is 17.6 Å². The fourth-order valence-electron chi connectivity index (χ4n) is 3.33. The molecule has 1 saturated heterocycles. The smallest absolute Gasteiger partial charge is 0.263 e. The summed E-state index contributed by atoms with van der Waals surface area (Å²) in [6.45, 7) is 12.4. The van der Waals surface area contributed by atoms with Crippen LogP contribution in [-0.2, 0) is 11.3 Å². The summed E-state index contributed by atoms with van der Waals surface area (Å²) < 4.78 is 1.77. The van der Waals surface area contributed by atoms with Crippen molar-refractivity contribution in [3.05, 3.63) is 20.8 Å². The van der Waals surface area contributed by atoms with E-state index in [1.165, 1.54) is 11.8 Å². The van der Waals surface area contributed by atoms with Crippen molar-refractivity contribution in [1.82, 2.24) is 14.5 Å². The second-order valence-electron chi connectivity index (χ2n) is 7.46. The van der Waals surface area contributed by atoms with Gasteiger partial charge in [-0.25, -0.2) is 4.98 Å². The van der Waals surface area contributed by atoms with Crippen molar-refractivity contribution in [2.24, 2.45) is 5.92 Å². The molecule has 5 nitrogen and oxygen atoms in total. The maximum absolute atomic E-state index is 13.1. The van der Waals surface area contributed by atoms with Crippen LogP contribution in [0.5, 0.6) is 0 Å². The number of rotatable bonds is 5. The Labute approximate surface area is 162 Å². The number of hydrogen-bond acceptors (Lipinski definition) is 5. The lowest BCUT2D eigenvalue weighted by molar-refractivity contribution is -0.129. The summed E-state index contributed by atoms with van der Waals surface area (Å²) in [5, 5.41) is 1.16. The monoisotopic (exact) mass is 393 g/mol. The van der Waals surface area contributed by atoms with Gasteiger partial charge in [-0.2, -0.15) is 0 Å². The van der Waals surface area contributed by atoms with E-state index >= 15 is 0 Å². The maximum Gasteiger partial charge on any atom is 0.263 e. The Morgan fingerprint density at radius 1 is 1.23 bits per heavy atom. The van der Waals surface area contributed by atoms with Crippen molar-refractivity contribution in [2.45, 2.75) is 64.4 Å². The molecular weight excluding hydrogens is 366 g/mol. The topological polar surface area (TPSA) is 55.2 Å². The van der Waals surface area contributed by atoms with Gasteiger partial charge in [0.2, 0.25) is 5.91 Å². The average Bonchev–Trinajstić information content (AvgIpc) is 3.19. The van der Waals surface area contributed by atoms with Gasteiger partial charge in [0.1, 0.15) is 4.83 Å². The Hall–Kier alpha value is -1.34. The first-order valence-electron chi connectivity index (χ1n) is 9.25. The van der Waals surface area contributed by atoms with Crippen LogP contribution >= 0.6 is 23.1 Å². The summed E-state index contributed by atoms with van der Waals surface area (Å²) in [5.41, 5.74) is 1.05. The molecule has 3 rings (SSSR count). The maximum atomic E-state index is 13.1. The molecule has 1 atom stereocenters. The highest BCUT2D eigenvalue weighted by molar-refractivity contribution is 8.00. The Bertz CT molecular complexity index is 879. The van der Waals surface area contributed by atoms with Gasteiger partial charge in [0.25, 0.3) is 5.56 Å².